The highest BCUT2D eigenvalue weighted by molar-refractivity contribution is 7.17. The molecular weight excluding hydrogens is 530 g/mol. The van der Waals surface area contributed by atoms with Gasteiger partial charge in [-0.1, -0.05) is 37.8 Å². The number of benzene rings is 1. The van der Waals surface area contributed by atoms with E-state index >= 15 is 0 Å². The number of aryl methyl sites for hydroxylation is 1. The lowest BCUT2D eigenvalue weighted by molar-refractivity contribution is -0.0832. The Bertz CT molecular complexity index is 1440. The molecule has 1 saturated heterocycles. The molecule has 2 aromatic rings. The minimum atomic E-state index is -0.462. The normalized spacial score (nSPS) is 19.4. The van der Waals surface area contributed by atoms with Gasteiger partial charge in [0.1, 0.15) is 28.3 Å². The average molecular weight is 574 g/mol. The Labute approximate surface area is 249 Å². The van der Waals surface area contributed by atoms with Gasteiger partial charge in [0.15, 0.2) is 0 Å². The van der Waals surface area contributed by atoms with E-state index in [9.17, 15) is 4.79 Å². The quantitative estimate of drug-likeness (QED) is 0.211. The Morgan fingerprint density at radius 1 is 1.15 bits per heavy atom. The molecule has 3 heterocycles. The fourth-order valence-electron chi connectivity index (χ4n) is 5.67. The Hall–Kier alpha value is -3.44. The van der Waals surface area contributed by atoms with Crippen LogP contribution in [-0.4, -0.2) is 53.1 Å². The van der Waals surface area contributed by atoms with E-state index < -0.39 is 5.60 Å². The Morgan fingerprint density at radius 2 is 1.76 bits per heavy atom. The van der Waals surface area contributed by atoms with Crippen LogP contribution < -0.4 is 4.90 Å². The van der Waals surface area contributed by atoms with Crippen LogP contribution in [0.2, 0.25) is 0 Å². The van der Waals surface area contributed by atoms with E-state index in [1.54, 1.807) is 28.1 Å². The van der Waals surface area contributed by atoms with Gasteiger partial charge < -0.3 is 9.64 Å². The van der Waals surface area contributed by atoms with Gasteiger partial charge in [0.25, 0.3) is 0 Å². The van der Waals surface area contributed by atoms with Crippen LogP contribution >= 0.6 is 11.3 Å². The molecule has 8 heteroatoms. The zero-order valence-corrected chi connectivity index (χ0v) is 26.7. The first-order chi connectivity index (χ1) is 19.3. The first-order valence-corrected chi connectivity index (χ1v) is 15.3. The zero-order valence-electron chi connectivity index (χ0n) is 25.9. The number of ether oxygens (including phenoxy) is 1. The summed E-state index contributed by atoms with van der Waals surface area (Å²) in [5.41, 5.74) is 4.74. The van der Waals surface area contributed by atoms with Crippen LogP contribution in [0.25, 0.3) is 0 Å². The van der Waals surface area contributed by atoms with Crippen LogP contribution in [0, 0.1) is 47.8 Å². The van der Waals surface area contributed by atoms with Crippen LogP contribution in [0.1, 0.15) is 88.4 Å². The Balaban J connectivity index is 0.00000189. The number of amides is 1. The SMILES string of the molecule is CC.CC(=N)N1C(=N)C(C)N=C(c2ccc(C#CC3CC4(C3)CN(C(=O)OC(C)(C)C)C4)cc2)c2c1sc(C)c2C. The smallest absolute Gasteiger partial charge is 0.410 e. The highest BCUT2D eigenvalue weighted by Gasteiger charge is 2.54. The van der Waals surface area contributed by atoms with Crippen molar-refractivity contribution >= 4 is 39.8 Å². The van der Waals surface area contributed by atoms with E-state index in [2.05, 4.69) is 37.8 Å². The van der Waals surface area contributed by atoms with Crippen molar-refractivity contribution in [3.8, 4) is 11.8 Å². The number of hydrogen-bond acceptors (Lipinski definition) is 6. The summed E-state index contributed by atoms with van der Waals surface area (Å²) < 4.78 is 5.48. The number of thiophene rings is 1. The van der Waals surface area contributed by atoms with E-state index in [1.807, 2.05) is 53.7 Å². The third kappa shape index (κ3) is 6.11. The maximum atomic E-state index is 12.2. The van der Waals surface area contributed by atoms with Crippen molar-refractivity contribution in [1.82, 2.24) is 4.90 Å². The molecule has 1 atom stereocenters. The minimum absolute atomic E-state index is 0.215. The standard InChI is InChI=1S/C31H37N5O2S.C2H6/c1-18-20(3)39-28-25(18)26(34-19(2)27(33)36(28)21(4)32)24-12-10-22(11-13-24)8-9-23-14-31(15-23)16-35(17-31)29(37)38-30(5,6)7;1-2/h10-13,19,23,32-33H,14-17H2,1-7H3;1-2H3. The molecular formula is C33H43N5O2S. The molecule has 0 bridgehead atoms. The number of fused-ring (bicyclic) bond motifs is 1. The minimum Gasteiger partial charge on any atom is -0.444 e. The van der Waals surface area contributed by atoms with Gasteiger partial charge in [-0.3, -0.25) is 20.7 Å². The topological polar surface area (TPSA) is 92.8 Å². The molecule has 2 aliphatic heterocycles. The lowest BCUT2D eigenvalue weighted by Crippen LogP contribution is -2.64. The third-order valence-electron chi connectivity index (χ3n) is 7.74. The summed E-state index contributed by atoms with van der Waals surface area (Å²) in [6, 6.07) is 7.86. The van der Waals surface area contributed by atoms with Gasteiger partial charge in [0.05, 0.1) is 5.71 Å². The van der Waals surface area contributed by atoms with Crippen molar-refractivity contribution in [2.45, 2.75) is 86.8 Å². The van der Waals surface area contributed by atoms with Gasteiger partial charge >= 0.3 is 6.09 Å². The van der Waals surface area contributed by atoms with Crippen molar-refractivity contribution in [3.63, 3.8) is 0 Å². The van der Waals surface area contributed by atoms with Gasteiger partial charge in [-0.15, -0.1) is 11.3 Å². The summed E-state index contributed by atoms with van der Waals surface area (Å²) in [6.45, 7) is 19.0. The number of nitrogens with zero attached hydrogens (tertiary/aromatic N) is 3. The number of likely N-dealkylation sites (tertiary alicyclic amines) is 1. The van der Waals surface area contributed by atoms with Crippen molar-refractivity contribution < 1.29 is 9.53 Å². The second-order valence-electron chi connectivity index (χ2n) is 12.2. The van der Waals surface area contributed by atoms with Gasteiger partial charge in [-0.2, -0.15) is 0 Å². The third-order valence-corrected chi connectivity index (χ3v) is 8.94. The summed E-state index contributed by atoms with van der Waals surface area (Å²) in [4.78, 5) is 21.9. The maximum Gasteiger partial charge on any atom is 0.410 e. The molecule has 1 saturated carbocycles. The molecule has 2 fully saturated rings. The maximum absolute atomic E-state index is 12.2. The van der Waals surface area contributed by atoms with Crippen LogP contribution in [0.3, 0.4) is 0 Å². The summed E-state index contributed by atoms with van der Waals surface area (Å²) >= 11 is 1.62. The average Bonchev–Trinajstić information content (AvgIpc) is 3.07. The molecule has 1 unspecified atom stereocenters. The number of hydrogen-bond donors (Lipinski definition) is 2. The number of carbonyl (C=O) groups is 1. The molecule has 1 spiro atoms. The molecule has 1 amide bonds. The monoisotopic (exact) mass is 573 g/mol. The van der Waals surface area contributed by atoms with Crippen molar-refractivity contribution in [1.29, 1.82) is 10.8 Å². The van der Waals surface area contributed by atoms with Crippen LogP contribution in [0.5, 0.6) is 0 Å². The molecule has 2 N–H and O–H groups in total. The number of amidine groups is 2. The predicted molar refractivity (Wildman–Crippen MR) is 170 cm³/mol. The van der Waals surface area contributed by atoms with Gasteiger partial charge in [0, 0.05) is 46.0 Å². The Kier molecular flexibility index (Phi) is 8.52. The molecule has 3 aliphatic rings. The van der Waals surface area contributed by atoms with Gasteiger partial charge in [0.2, 0.25) is 0 Å². The molecule has 218 valence electrons. The van der Waals surface area contributed by atoms with Crippen LogP contribution in [0.4, 0.5) is 9.80 Å². The van der Waals surface area contributed by atoms with E-state index in [-0.39, 0.29) is 17.6 Å². The van der Waals surface area contributed by atoms with E-state index in [4.69, 9.17) is 20.5 Å². The highest BCUT2D eigenvalue weighted by Crippen LogP contribution is 2.52. The summed E-state index contributed by atoms with van der Waals surface area (Å²) in [5.74, 6) is 7.79. The zero-order chi connectivity index (χ0) is 30.3. The van der Waals surface area contributed by atoms with Gasteiger partial charge in [-0.05, 0) is 79.0 Å². The first kappa shape index (κ1) is 30.5. The molecule has 0 radical (unpaired) electrons. The Morgan fingerprint density at radius 3 is 2.32 bits per heavy atom. The molecule has 7 nitrogen and oxygen atoms in total. The lowest BCUT2D eigenvalue weighted by Gasteiger charge is -2.57. The van der Waals surface area contributed by atoms with E-state index in [0.717, 1.165) is 58.9 Å². The van der Waals surface area contributed by atoms with Crippen molar-refractivity contribution in [2.75, 3.05) is 18.0 Å². The summed E-state index contributed by atoms with van der Waals surface area (Å²) in [7, 11) is 0. The predicted octanol–water partition coefficient (Wildman–Crippen LogP) is 7.41. The lowest BCUT2D eigenvalue weighted by atomic mass is 9.58. The number of anilines is 1. The van der Waals surface area contributed by atoms with Gasteiger partial charge in [-0.25, -0.2) is 4.79 Å². The van der Waals surface area contributed by atoms with Crippen LogP contribution in [0.15, 0.2) is 29.3 Å². The molecule has 1 aliphatic carbocycles. The second-order valence-corrected chi connectivity index (χ2v) is 13.4. The van der Waals surface area contributed by atoms with Crippen molar-refractivity contribution in [2.24, 2.45) is 16.3 Å². The first-order valence-electron chi connectivity index (χ1n) is 14.5. The second kappa shape index (κ2) is 11.4. The molecule has 1 aromatic carbocycles. The largest absolute Gasteiger partial charge is 0.444 e. The summed E-state index contributed by atoms with van der Waals surface area (Å²) in [5, 5.41) is 17.9. The van der Waals surface area contributed by atoms with E-state index in [0.29, 0.717) is 17.6 Å². The number of nitrogens with one attached hydrogen (secondary N) is 2. The number of aliphatic imine (C=N–C) groups is 1. The fraction of sp³-hybridized carbons (Fsp3) is 0.515. The molecule has 1 aromatic heterocycles. The summed E-state index contributed by atoms with van der Waals surface area (Å²) in [6.07, 6.45) is 1.84. The fourth-order valence-corrected chi connectivity index (χ4v) is 6.90. The van der Waals surface area contributed by atoms with Crippen molar-refractivity contribution in [3.05, 3.63) is 51.4 Å². The van der Waals surface area contributed by atoms with E-state index in [1.165, 1.54) is 4.88 Å². The molecule has 41 heavy (non-hydrogen) atoms. The highest BCUT2D eigenvalue weighted by atomic mass is 32.1. The number of rotatable bonds is 1. The molecule has 5 rings (SSSR count). The number of carbonyl (C=O) groups excluding carboxylic acids is 1. The van der Waals surface area contributed by atoms with Crippen LogP contribution in [-0.2, 0) is 4.74 Å².